The summed E-state index contributed by atoms with van der Waals surface area (Å²) in [5, 5.41) is 48.0. The number of carbonyl (C=O) groups is 2. The number of carbonyl (C=O) groups excluding carboxylic acids is 2. The summed E-state index contributed by atoms with van der Waals surface area (Å²) in [6.07, 6.45) is 2.93. The Bertz CT molecular complexity index is 1490. The molecule has 0 bridgehead atoms. The van der Waals surface area contributed by atoms with Crippen LogP contribution in [-0.4, -0.2) is 88.3 Å². The number of hydrogen-bond acceptors (Lipinski definition) is 13. The average Bonchev–Trinajstić information content (AvgIpc) is 3.39. The van der Waals surface area contributed by atoms with Crippen molar-refractivity contribution in [3.63, 3.8) is 0 Å². The van der Waals surface area contributed by atoms with Gasteiger partial charge in [0.2, 0.25) is 0 Å². The van der Waals surface area contributed by atoms with Crippen LogP contribution in [0.25, 0.3) is 6.08 Å². The standard InChI is InChI=1S/C37H48F3NO12/c1-49-34-21-25(14-18-35(45)50-19-6-7-20-52-41(47)48)13-17-33(34)53-36(46)12-5-3-2-4-11-29-30(32(44)23-31(29)43)16-15-27(42)24-51-28-10-8-9-26(22-28)37(38,39)40/h2,4,8-10,13-14,17-18,21-22,27,29-32,42-44,47-48H,3,5-7,11-12,15-16,19-20,23-24H2,1H3/b4-2-,18-14+/t27-,29-,30-,31+,32-/m1/s1. The van der Waals surface area contributed by atoms with Crippen LogP contribution >= 0.6 is 0 Å². The summed E-state index contributed by atoms with van der Waals surface area (Å²) >= 11 is 0. The molecule has 0 aromatic heterocycles. The van der Waals surface area contributed by atoms with Gasteiger partial charge in [-0.1, -0.05) is 24.3 Å². The largest absolute Gasteiger partial charge is 0.493 e. The molecule has 0 radical (unpaired) electrons. The Morgan fingerprint density at radius 3 is 2.47 bits per heavy atom. The van der Waals surface area contributed by atoms with E-state index in [0.717, 1.165) is 12.1 Å². The molecule has 0 spiro atoms. The fourth-order valence-corrected chi connectivity index (χ4v) is 5.85. The minimum Gasteiger partial charge on any atom is -0.493 e. The van der Waals surface area contributed by atoms with Gasteiger partial charge in [0.25, 0.3) is 0 Å². The molecule has 5 atom stereocenters. The van der Waals surface area contributed by atoms with Crippen molar-refractivity contribution in [1.29, 1.82) is 0 Å². The molecule has 0 saturated heterocycles. The summed E-state index contributed by atoms with van der Waals surface area (Å²) < 4.78 is 60.1. The monoisotopic (exact) mass is 755 g/mol. The summed E-state index contributed by atoms with van der Waals surface area (Å²) in [6, 6.07) is 9.19. The van der Waals surface area contributed by atoms with Crippen LogP contribution in [0, 0.1) is 11.8 Å². The molecule has 2 aromatic rings. The van der Waals surface area contributed by atoms with Crippen LogP contribution in [0.15, 0.2) is 60.7 Å². The van der Waals surface area contributed by atoms with Crippen LogP contribution in [0.5, 0.6) is 17.2 Å². The lowest BCUT2D eigenvalue weighted by Gasteiger charge is -2.23. The second-order valence-electron chi connectivity index (χ2n) is 12.5. The van der Waals surface area contributed by atoms with Crippen molar-refractivity contribution in [2.75, 3.05) is 26.9 Å². The van der Waals surface area contributed by atoms with Gasteiger partial charge >= 0.3 is 18.1 Å². The lowest BCUT2D eigenvalue weighted by Crippen LogP contribution is -2.25. The molecule has 1 aliphatic rings. The van der Waals surface area contributed by atoms with Crippen LogP contribution in [0.1, 0.15) is 68.9 Å². The van der Waals surface area contributed by atoms with Crippen LogP contribution in [0.3, 0.4) is 0 Å². The summed E-state index contributed by atoms with van der Waals surface area (Å²) in [5.41, 5.74) is -0.247. The molecule has 294 valence electrons. The van der Waals surface area contributed by atoms with Gasteiger partial charge in [-0.15, -0.1) is 0 Å². The van der Waals surface area contributed by atoms with Gasteiger partial charge in [0, 0.05) is 12.5 Å². The number of hydrogen-bond donors (Lipinski definition) is 5. The van der Waals surface area contributed by atoms with Gasteiger partial charge in [0.15, 0.2) is 11.5 Å². The quantitative estimate of drug-likeness (QED) is 0.0248. The summed E-state index contributed by atoms with van der Waals surface area (Å²) in [4.78, 5) is 28.9. The number of alkyl halides is 3. The Morgan fingerprint density at radius 2 is 1.74 bits per heavy atom. The molecular weight excluding hydrogens is 707 g/mol. The molecule has 1 fully saturated rings. The highest BCUT2D eigenvalue weighted by atomic mass is 19.4. The number of aliphatic hydroxyl groups is 3. The second-order valence-corrected chi connectivity index (χ2v) is 12.5. The zero-order chi connectivity index (χ0) is 38.8. The Morgan fingerprint density at radius 1 is 0.981 bits per heavy atom. The van der Waals surface area contributed by atoms with Crippen LogP contribution in [0.2, 0.25) is 0 Å². The number of nitrogens with zero attached hydrogens (tertiary/aromatic N) is 1. The third-order valence-electron chi connectivity index (χ3n) is 8.60. The van der Waals surface area contributed by atoms with E-state index in [4.69, 9.17) is 29.4 Å². The van der Waals surface area contributed by atoms with E-state index in [2.05, 4.69) is 4.84 Å². The zero-order valence-corrected chi connectivity index (χ0v) is 29.4. The number of rotatable bonds is 22. The number of ether oxygens (including phenoxy) is 4. The third kappa shape index (κ3) is 15.9. The first-order valence-electron chi connectivity index (χ1n) is 17.3. The molecule has 0 unspecified atom stereocenters. The van der Waals surface area contributed by atoms with Gasteiger partial charge in [0.05, 0.1) is 49.6 Å². The van der Waals surface area contributed by atoms with Crippen LogP contribution < -0.4 is 14.2 Å². The Balaban J connectivity index is 1.36. The number of methoxy groups -OCH3 is 1. The Kier molecular flexibility index (Phi) is 18.2. The molecule has 0 amide bonds. The molecule has 0 aliphatic heterocycles. The van der Waals surface area contributed by atoms with E-state index in [1.54, 1.807) is 18.2 Å². The van der Waals surface area contributed by atoms with Crippen LogP contribution in [-0.2, 0) is 25.3 Å². The average molecular weight is 756 g/mol. The minimum absolute atomic E-state index is 0.00861. The molecule has 53 heavy (non-hydrogen) atoms. The summed E-state index contributed by atoms with van der Waals surface area (Å²) in [6.45, 7) is -0.0489. The topological polar surface area (TPSA) is 185 Å². The Hall–Kier alpha value is -4.03. The number of esters is 2. The van der Waals surface area contributed by atoms with Gasteiger partial charge in [-0.3, -0.25) is 20.0 Å². The first kappa shape index (κ1) is 43.4. The molecule has 2 aromatic carbocycles. The fraction of sp³-hybridized carbons (Fsp3) is 0.514. The third-order valence-corrected chi connectivity index (χ3v) is 8.60. The zero-order valence-electron chi connectivity index (χ0n) is 29.4. The van der Waals surface area contributed by atoms with E-state index >= 15 is 0 Å². The van der Waals surface area contributed by atoms with Crippen molar-refractivity contribution >= 4 is 18.0 Å². The van der Waals surface area contributed by atoms with Gasteiger partial charge in [-0.05, 0) is 105 Å². The van der Waals surface area contributed by atoms with E-state index in [1.165, 1.54) is 31.4 Å². The van der Waals surface area contributed by atoms with Gasteiger partial charge in [-0.2, -0.15) is 13.2 Å². The fourth-order valence-electron chi connectivity index (χ4n) is 5.85. The molecule has 3 rings (SSSR count). The Labute approximate surface area is 305 Å². The maximum atomic E-state index is 12.9. The van der Waals surface area contributed by atoms with E-state index in [9.17, 15) is 38.1 Å². The smallest absolute Gasteiger partial charge is 0.416 e. The highest BCUT2D eigenvalue weighted by Gasteiger charge is 2.40. The molecule has 13 nitrogen and oxygen atoms in total. The SMILES string of the molecule is COc1cc(/C=C/C(=O)OCCCCON(O)O)ccc1OC(=O)CCC/C=C\C[C@@H]1[C@@H](CC[C@@H](O)COc2cccc(C(F)(F)F)c2)[C@H](O)C[C@@H]1O. The predicted octanol–water partition coefficient (Wildman–Crippen LogP) is 5.66. The molecule has 16 heteroatoms. The van der Waals surface area contributed by atoms with E-state index in [0.29, 0.717) is 44.1 Å². The molecule has 1 saturated carbocycles. The minimum atomic E-state index is -4.51. The van der Waals surface area contributed by atoms with Crippen molar-refractivity contribution < 1.29 is 72.3 Å². The maximum absolute atomic E-state index is 12.9. The van der Waals surface area contributed by atoms with Gasteiger partial charge < -0.3 is 34.3 Å². The number of allylic oxidation sites excluding steroid dienone is 2. The maximum Gasteiger partial charge on any atom is 0.416 e. The van der Waals surface area contributed by atoms with Crippen molar-refractivity contribution in [2.45, 2.75) is 82.3 Å². The van der Waals surface area contributed by atoms with Gasteiger partial charge in [-0.25, -0.2) is 4.79 Å². The number of halogens is 3. The molecule has 0 heterocycles. The predicted molar refractivity (Wildman–Crippen MR) is 183 cm³/mol. The van der Waals surface area contributed by atoms with Crippen molar-refractivity contribution in [1.82, 2.24) is 5.39 Å². The first-order chi connectivity index (χ1) is 25.3. The summed E-state index contributed by atoms with van der Waals surface area (Å²) in [7, 11) is 1.42. The van der Waals surface area contributed by atoms with Gasteiger partial charge in [0.1, 0.15) is 12.4 Å². The van der Waals surface area contributed by atoms with E-state index in [1.807, 2.05) is 12.2 Å². The lowest BCUT2D eigenvalue weighted by molar-refractivity contribution is -0.492. The first-order valence-corrected chi connectivity index (χ1v) is 17.3. The lowest BCUT2D eigenvalue weighted by atomic mass is 9.86. The number of aliphatic hydroxyl groups excluding tert-OH is 3. The molecule has 5 N–H and O–H groups in total. The van der Waals surface area contributed by atoms with Crippen LogP contribution in [0.4, 0.5) is 13.2 Å². The molecular formula is C37H48F3NO12. The van der Waals surface area contributed by atoms with Crippen molar-refractivity contribution in [3.8, 4) is 17.2 Å². The van der Waals surface area contributed by atoms with E-state index < -0.39 is 42.0 Å². The highest BCUT2D eigenvalue weighted by Crippen LogP contribution is 2.38. The number of benzene rings is 2. The summed E-state index contributed by atoms with van der Waals surface area (Å²) in [5.74, 6) is -1.09. The molecule has 1 aliphatic carbocycles. The van der Waals surface area contributed by atoms with E-state index in [-0.39, 0.29) is 73.6 Å². The second kappa shape index (κ2) is 22.2. The highest BCUT2D eigenvalue weighted by molar-refractivity contribution is 5.87. The normalized spacial score (nSPS) is 19.6. The van der Waals surface area contributed by atoms with Crippen molar-refractivity contribution in [2.24, 2.45) is 11.8 Å². The number of unbranched alkanes of at least 4 members (excludes halogenated alkanes) is 2. The van der Waals surface area contributed by atoms with Crippen molar-refractivity contribution in [3.05, 3.63) is 71.8 Å².